The summed E-state index contributed by atoms with van der Waals surface area (Å²) in [6.45, 7) is 7.68. The van der Waals surface area contributed by atoms with E-state index in [0.29, 0.717) is 11.3 Å². The van der Waals surface area contributed by atoms with Crippen LogP contribution in [0.4, 0.5) is 14.5 Å². The average molecular weight is 404 g/mol. The second-order valence-electron chi connectivity index (χ2n) is 7.82. The van der Waals surface area contributed by atoms with Crippen LogP contribution in [-0.2, 0) is 16.0 Å². The van der Waals surface area contributed by atoms with Crippen molar-refractivity contribution in [1.29, 1.82) is 0 Å². The monoisotopic (exact) mass is 404 g/mol. The summed E-state index contributed by atoms with van der Waals surface area (Å²) >= 11 is 0. The molecular formula is C22H26F2N2O3. The van der Waals surface area contributed by atoms with Gasteiger partial charge in [-0.1, -0.05) is 19.9 Å². The van der Waals surface area contributed by atoms with Crippen LogP contribution in [0.2, 0.25) is 0 Å². The summed E-state index contributed by atoms with van der Waals surface area (Å²) in [5, 5.41) is 2.82. The van der Waals surface area contributed by atoms with Crippen molar-refractivity contribution in [1.82, 2.24) is 4.98 Å². The van der Waals surface area contributed by atoms with E-state index in [0.717, 1.165) is 18.2 Å². The Morgan fingerprint density at radius 2 is 2.00 bits per heavy atom. The molecule has 0 bridgehead atoms. The molecule has 29 heavy (non-hydrogen) atoms. The molecule has 1 aromatic heterocycles. The Labute approximate surface area is 169 Å². The van der Waals surface area contributed by atoms with Crippen LogP contribution in [0.25, 0.3) is 0 Å². The lowest BCUT2D eigenvalue weighted by Gasteiger charge is -2.25. The number of ether oxygens (including phenoxy) is 2. The van der Waals surface area contributed by atoms with E-state index in [2.05, 4.69) is 10.3 Å². The third-order valence-corrected chi connectivity index (χ3v) is 5.75. The third-order valence-electron chi connectivity index (χ3n) is 5.75. The first-order valence-corrected chi connectivity index (χ1v) is 9.65. The minimum absolute atomic E-state index is 0.155. The molecule has 1 aliphatic heterocycles. The largest absolute Gasteiger partial charge is 0.493 e. The van der Waals surface area contributed by atoms with Gasteiger partial charge in [-0.05, 0) is 44.4 Å². The fraction of sp³-hybridized carbons (Fsp3) is 0.455. The third kappa shape index (κ3) is 3.96. The minimum atomic E-state index is -1.07. The molecule has 1 fully saturated rings. The Morgan fingerprint density at radius 3 is 2.59 bits per heavy atom. The number of halogens is 2. The number of carbonyl (C=O) groups is 1. The van der Waals surface area contributed by atoms with Gasteiger partial charge in [-0.2, -0.15) is 4.39 Å². The van der Waals surface area contributed by atoms with Crippen LogP contribution >= 0.6 is 0 Å². The molecule has 1 saturated heterocycles. The summed E-state index contributed by atoms with van der Waals surface area (Å²) in [6.07, 6.45) is 1.49. The van der Waals surface area contributed by atoms with Gasteiger partial charge in [-0.25, -0.2) is 4.39 Å². The number of nitrogens with one attached hydrogen (secondary N) is 1. The van der Waals surface area contributed by atoms with E-state index in [9.17, 15) is 13.6 Å². The van der Waals surface area contributed by atoms with E-state index in [4.69, 9.17) is 9.47 Å². The highest BCUT2D eigenvalue weighted by molar-refractivity contribution is 5.95. The van der Waals surface area contributed by atoms with Crippen molar-refractivity contribution in [3.8, 4) is 5.75 Å². The Bertz CT molecular complexity index is 900. The molecule has 2 aromatic rings. The topological polar surface area (TPSA) is 60.5 Å². The molecule has 156 valence electrons. The molecule has 0 aliphatic carbocycles. The SMILES string of the molecule is CCc1ccc(NC(=O)[C@@H]2OC(C)(C)[C@@H](C)[C@H]2c2ccc(F)c(F)c2OC)cn1. The molecule has 1 amide bonds. The molecule has 1 aromatic carbocycles. The highest BCUT2D eigenvalue weighted by atomic mass is 19.2. The number of aryl methyl sites for hydroxylation is 1. The molecule has 3 rings (SSSR count). The number of rotatable bonds is 5. The average Bonchev–Trinajstić information content (AvgIpc) is 2.94. The van der Waals surface area contributed by atoms with Gasteiger partial charge < -0.3 is 14.8 Å². The molecule has 3 atom stereocenters. The number of hydrogen-bond acceptors (Lipinski definition) is 4. The van der Waals surface area contributed by atoms with Crippen LogP contribution in [0.5, 0.6) is 5.75 Å². The lowest BCUT2D eigenvalue weighted by Crippen LogP contribution is -2.33. The van der Waals surface area contributed by atoms with Gasteiger partial charge in [0.2, 0.25) is 5.82 Å². The van der Waals surface area contributed by atoms with Gasteiger partial charge in [0.15, 0.2) is 11.6 Å². The van der Waals surface area contributed by atoms with Crippen LogP contribution in [0.3, 0.4) is 0 Å². The summed E-state index contributed by atoms with van der Waals surface area (Å²) in [5.41, 5.74) is 1.22. The number of anilines is 1. The number of pyridine rings is 1. The van der Waals surface area contributed by atoms with Crippen molar-refractivity contribution in [3.63, 3.8) is 0 Å². The van der Waals surface area contributed by atoms with Crippen molar-refractivity contribution in [2.24, 2.45) is 5.92 Å². The molecule has 2 heterocycles. The van der Waals surface area contributed by atoms with Gasteiger partial charge in [0.1, 0.15) is 6.10 Å². The summed E-state index contributed by atoms with van der Waals surface area (Å²) in [6, 6.07) is 6.13. The molecular weight excluding hydrogens is 378 g/mol. The van der Waals surface area contributed by atoms with Crippen molar-refractivity contribution < 1.29 is 23.0 Å². The lowest BCUT2D eigenvalue weighted by molar-refractivity contribution is -0.131. The zero-order valence-corrected chi connectivity index (χ0v) is 17.3. The van der Waals surface area contributed by atoms with E-state index in [-0.39, 0.29) is 17.6 Å². The first-order valence-electron chi connectivity index (χ1n) is 9.65. The van der Waals surface area contributed by atoms with Gasteiger partial charge in [0.25, 0.3) is 5.91 Å². The van der Waals surface area contributed by atoms with Gasteiger partial charge in [0.05, 0.1) is 24.6 Å². The number of hydrogen-bond donors (Lipinski definition) is 1. The number of benzene rings is 1. The highest BCUT2D eigenvalue weighted by Crippen LogP contribution is 2.49. The summed E-state index contributed by atoms with van der Waals surface area (Å²) in [4.78, 5) is 17.3. The minimum Gasteiger partial charge on any atom is -0.493 e. The number of carbonyl (C=O) groups excluding carboxylic acids is 1. The smallest absolute Gasteiger partial charge is 0.254 e. The maximum absolute atomic E-state index is 14.3. The zero-order valence-electron chi connectivity index (χ0n) is 17.3. The molecule has 5 nitrogen and oxygen atoms in total. The number of aromatic nitrogens is 1. The fourth-order valence-corrected chi connectivity index (χ4v) is 3.79. The van der Waals surface area contributed by atoms with Crippen LogP contribution in [0.15, 0.2) is 30.5 Å². The van der Waals surface area contributed by atoms with Gasteiger partial charge >= 0.3 is 0 Å². The maximum atomic E-state index is 14.3. The van der Waals surface area contributed by atoms with E-state index in [1.807, 2.05) is 33.8 Å². The van der Waals surface area contributed by atoms with Gasteiger partial charge in [-0.15, -0.1) is 0 Å². The van der Waals surface area contributed by atoms with Crippen LogP contribution in [0.1, 0.15) is 44.9 Å². The molecule has 1 aliphatic rings. The summed E-state index contributed by atoms with van der Waals surface area (Å²) < 4.78 is 39.3. The highest BCUT2D eigenvalue weighted by Gasteiger charge is 2.51. The van der Waals surface area contributed by atoms with E-state index in [1.54, 1.807) is 12.3 Å². The zero-order chi connectivity index (χ0) is 21.3. The van der Waals surface area contributed by atoms with Gasteiger partial charge in [-0.3, -0.25) is 9.78 Å². The second kappa shape index (κ2) is 8.06. The van der Waals surface area contributed by atoms with E-state index < -0.39 is 29.3 Å². The Kier molecular flexibility index (Phi) is 5.89. The Hall–Kier alpha value is -2.54. The molecule has 0 spiro atoms. The van der Waals surface area contributed by atoms with E-state index >= 15 is 0 Å². The molecule has 7 heteroatoms. The fourth-order valence-electron chi connectivity index (χ4n) is 3.79. The Morgan fingerprint density at radius 1 is 1.28 bits per heavy atom. The van der Waals surface area contributed by atoms with Crippen LogP contribution in [0, 0.1) is 17.6 Å². The number of nitrogens with zero attached hydrogens (tertiary/aromatic N) is 1. The summed E-state index contributed by atoms with van der Waals surface area (Å²) in [5.74, 6) is -3.31. The first-order chi connectivity index (χ1) is 13.7. The molecule has 0 saturated carbocycles. The number of methoxy groups -OCH3 is 1. The van der Waals surface area contributed by atoms with Crippen molar-refractivity contribution in [2.45, 2.75) is 51.7 Å². The van der Waals surface area contributed by atoms with Crippen LogP contribution < -0.4 is 10.1 Å². The van der Waals surface area contributed by atoms with Crippen molar-refractivity contribution in [3.05, 3.63) is 53.4 Å². The molecule has 0 unspecified atom stereocenters. The van der Waals surface area contributed by atoms with Crippen LogP contribution in [-0.4, -0.2) is 29.7 Å². The number of amides is 1. The molecule has 0 radical (unpaired) electrons. The lowest BCUT2D eigenvalue weighted by atomic mass is 9.78. The first kappa shape index (κ1) is 21.2. The predicted molar refractivity (Wildman–Crippen MR) is 106 cm³/mol. The van der Waals surface area contributed by atoms with E-state index in [1.165, 1.54) is 13.2 Å². The Balaban J connectivity index is 1.96. The second-order valence-corrected chi connectivity index (χ2v) is 7.82. The summed E-state index contributed by atoms with van der Waals surface area (Å²) in [7, 11) is 1.28. The standard InChI is InChI=1S/C22H26F2N2O3/c1-6-13-7-8-14(11-25-13)26-21(27)20-17(12(2)22(3,4)29-20)15-9-10-16(23)18(24)19(15)28-5/h7-12,17,20H,6H2,1-5H3,(H,26,27)/t12-,17-,20+/m0/s1. The normalized spacial score (nSPS) is 23.1. The van der Waals surface area contributed by atoms with Crippen molar-refractivity contribution >= 4 is 11.6 Å². The van der Waals surface area contributed by atoms with Gasteiger partial charge in [0, 0.05) is 17.2 Å². The molecule has 1 N–H and O–H groups in total. The predicted octanol–water partition coefficient (Wildman–Crippen LogP) is 4.47. The maximum Gasteiger partial charge on any atom is 0.254 e. The quantitative estimate of drug-likeness (QED) is 0.799. The van der Waals surface area contributed by atoms with Crippen molar-refractivity contribution in [2.75, 3.05) is 12.4 Å².